The minimum absolute atomic E-state index is 0.0556. The van der Waals surface area contributed by atoms with Gasteiger partial charge in [-0.15, -0.1) is 0 Å². The third kappa shape index (κ3) is 4.58. The van der Waals surface area contributed by atoms with Crippen LogP contribution in [0.2, 0.25) is 0 Å². The maximum atomic E-state index is 12.9. The summed E-state index contributed by atoms with van der Waals surface area (Å²) < 4.78 is 27.5. The number of pyridine rings is 1. The van der Waals surface area contributed by atoms with Gasteiger partial charge >= 0.3 is 6.03 Å². The second kappa shape index (κ2) is 9.38. The molecule has 2 aliphatic rings. The number of nitrogens with zero attached hydrogens (tertiary/aromatic N) is 5. The second-order valence-electron chi connectivity index (χ2n) is 8.47. The van der Waals surface area contributed by atoms with Crippen LogP contribution in [0.3, 0.4) is 0 Å². The number of carbonyl (C=O) groups is 1. The van der Waals surface area contributed by atoms with Crippen LogP contribution in [0.1, 0.15) is 30.5 Å². The first-order chi connectivity index (χ1) is 16.5. The quantitative estimate of drug-likeness (QED) is 0.614. The number of fused-ring (bicyclic) bond motifs is 1. The first kappa shape index (κ1) is 22.3. The predicted molar refractivity (Wildman–Crippen MR) is 128 cm³/mol. The lowest BCUT2D eigenvalue weighted by Gasteiger charge is -2.34. The Balaban J connectivity index is 1.44. The number of nitrogens with one attached hydrogen (secondary N) is 1. The maximum absolute atomic E-state index is 12.9. The number of anilines is 1. The number of carbonyl (C=O) groups excluding carboxylic acids is 1. The lowest BCUT2D eigenvalue weighted by molar-refractivity contribution is 0.198. The summed E-state index contributed by atoms with van der Waals surface area (Å²) in [4.78, 5) is 30.6. The number of hydrogen-bond donors (Lipinski definition) is 1. The SMILES string of the molecule is O=C(NS(=O)(=O)c1ccccc1)N1CCc2nc(-c3ccncc3)nc(N3CCCCC3)c2C1. The molecule has 2 aliphatic heterocycles. The van der Waals surface area contributed by atoms with Crippen LogP contribution in [0.15, 0.2) is 59.8 Å². The Morgan fingerprint density at radius 3 is 2.38 bits per heavy atom. The van der Waals surface area contributed by atoms with Crippen LogP contribution in [0, 0.1) is 0 Å². The van der Waals surface area contributed by atoms with Gasteiger partial charge in [0.15, 0.2) is 5.82 Å². The largest absolute Gasteiger partial charge is 0.356 e. The molecule has 0 atom stereocenters. The molecule has 2 aromatic heterocycles. The Kier molecular flexibility index (Phi) is 6.14. The summed E-state index contributed by atoms with van der Waals surface area (Å²) in [5, 5.41) is 0. The molecule has 34 heavy (non-hydrogen) atoms. The fraction of sp³-hybridized carbons (Fsp3) is 0.333. The number of sulfonamides is 1. The van der Waals surface area contributed by atoms with Crippen molar-refractivity contribution < 1.29 is 13.2 Å². The van der Waals surface area contributed by atoms with E-state index in [1.54, 1.807) is 30.6 Å². The van der Waals surface area contributed by atoms with E-state index in [0.29, 0.717) is 18.8 Å². The van der Waals surface area contributed by atoms with E-state index in [4.69, 9.17) is 9.97 Å². The molecule has 1 aromatic carbocycles. The van der Waals surface area contributed by atoms with Gasteiger partial charge in [0.2, 0.25) is 0 Å². The standard InChI is InChI=1S/C24H26N6O3S/c31-24(28-34(32,33)19-7-3-1-4-8-19)30-16-11-21-20(17-30)23(29-14-5-2-6-15-29)27-22(26-21)18-9-12-25-13-10-18/h1,3-4,7-10,12-13H,2,5-6,11,14-17H2,(H,28,31). The van der Waals surface area contributed by atoms with Gasteiger partial charge < -0.3 is 9.80 Å². The normalized spacial score (nSPS) is 16.1. The van der Waals surface area contributed by atoms with E-state index < -0.39 is 16.1 Å². The van der Waals surface area contributed by atoms with Crippen LogP contribution >= 0.6 is 0 Å². The van der Waals surface area contributed by atoms with Crippen LogP contribution < -0.4 is 9.62 Å². The highest BCUT2D eigenvalue weighted by atomic mass is 32.2. The van der Waals surface area contributed by atoms with Crippen LogP contribution in [0.5, 0.6) is 0 Å². The van der Waals surface area contributed by atoms with E-state index in [9.17, 15) is 13.2 Å². The highest BCUT2D eigenvalue weighted by Gasteiger charge is 2.30. The Hall–Kier alpha value is -3.53. The van der Waals surface area contributed by atoms with Gasteiger partial charge in [0.1, 0.15) is 5.82 Å². The summed E-state index contributed by atoms with van der Waals surface area (Å²) in [5.41, 5.74) is 2.68. The number of rotatable bonds is 4. The third-order valence-electron chi connectivity index (χ3n) is 6.19. The number of aromatic nitrogens is 3. The summed E-state index contributed by atoms with van der Waals surface area (Å²) in [6, 6.07) is 11.0. The number of amides is 2. The van der Waals surface area contributed by atoms with Crippen molar-refractivity contribution in [2.24, 2.45) is 0 Å². The molecule has 0 saturated carbocycles. The minimum atomic E-state index is -3.95. The highest BCUT2D eigenvalue weighted by Crippen LogP contribution is 2.31. The Morgan fingerprint density at radius 2 is 1.65 bits per heavy atom. The van der Waals surface area contributed by atoms with Crippen molar-refractivity contribution in [2.75, 3.05) is 24.5 Å². The van der Waals surface area contributed by atoms with Crippen molar-refractivity contribution in [3.8, 4) is 11.4 Å². The molecule has 0 radical (unpaired) electrons. The van der Waals surface area contributed by atoms with Crippen molar-refractivity contribution in [1.29, 1.82) is 0 Å². The summed E-state index contributed by atoms with van der Waals surface area (Å²) in [7, 11) is -3.95. The lowest BCUT2D eigenvalue weighted by atomic mass is 10.0. The number of hydrogen-bond acceptors (Lipinski definition) is 7. The Labute approximate surface area is 198 Å². The average Bonchev–Trinajstić information content (AvgIpc) is 2.89. The number of urea groups is 1. The van der Waals surface area contributed by atoms with Gasteiger partial charge in [0.05, 0.1) is 17.1 Å². The first-order valence-corrected chi connectivity index (χ1v) is 12.9. The van der Waals surface area contributed by atoms with Gasteiger partial charge in [-0.3, -0.25) is 4.98 Å². The average molecular weight is 479 g/mol. The van der Waals surface area contributed by atoms with Crippen molar-refractivity contribution in [1.82, 2.24) is 24.6 Å². The van der Waals surface area contributed by atoms with Crippen molar-refractivity contribution in [3.63, 3.8) is 0 Å². The molecule has 1 fully saturated rings. The van der Waals surface area contributed by atoms with E-state index in [1.165, 1.54) is 23.5 Å². The zero-order valence-electron chi connectivity index (χ0n) is 18.7. The van der Waals surface area contributed by atoms with E-state index in [2.05, 4.69) is 14.6 Å². The van der Waals surface area contributed by atoms with Gasteiger partial charge in [-0.25, -0.2) is 27.9 Å². The molecule has 0 unspecified atom stereocenters. The van der Waals surface area contributed by atoms with Gasteiger partial charge in [-0.05, 0) is 43.5 Å². The summed E-state index contributed by atoms with van der Waals surface area (Å²) in [6.07, 6.45) is 7.32. The summed E-state index contributed by atoms with van der Waals surface area (Å²) in [5.74, 6) is 1.48. The maximum Gasteiger partial charge on any atom is 0.331 e. The van der Waals surface area contributed by atoms with E-state index in [1.807, 2.05) is 12.1 Å². The van der Waals surface area contributed by atoms with Gasteiger partial charge in [0, 0.05) is 49.6 Å². The van der Waals surface area contributed by atoms with Gasteiger partial charge in [-0.1, -0.05) is 18.2 Å². The smallest absolute Gasteiger partial charge is 0.331 e. The molecular weight excluding hydrogens is 452 g/mol. The van der Waals surface area contributed by atoms with Crippen LogP contribution in [-0.2, 0) is 23.0 Å². The molecule has 10 heteroatoms. The second-order valence-corrected chi connectivity index (χ2v) is 10.2. The highest BCUT2D eigenvalue weighted by molar-refractivity contribution is 7.90. The van der Waals surface area contributed by atoms with E-state index in [-0.39, 0.29) is 11.4 Å². The molecular formula is C24H26N6O3S. The molecule has 2 amide bonds. The van der Waals surface area contributed by atoms with Crippen LogP contribution in [-0.4, -0.2) is 53.9 Å². The van der Waals surface area contributed by atoms with Crippen molar-refractivity contribution >= 4 is 21.9 Å². The fourth-order valence-electron chi connectivity index (χ4n) is 4.41. The van der Waals surface area contributed by atoms with Crippen molar-refractivity contribution in [2.45, 2.75) is 37.1 Å². The van der Waals surface area contributed by atoms with Crippen LogP contribution in [0.4, 0.5) is 10.6 Å². The zero-order valence-corrected chi connectivity index (χ0v) is 19.5. The molecule has 176 valence electrons. The number of benzene rings is 1. The van der Waals surface area contributed by atoms with Gasteiger partial charge in [0.25, 0.3) is 10.0 Å². The van der Waals surface area contributed by atoms with Crippen molar-refractivity contribution in [3.05, 3.63) is 66.1 Å². The molecule has 9 nitrogen and oxygen atoms in total. The lowest BCUT2D eigenvalue weighted by Crippen LogP contribution is -2.45. The molecule has 3 aromatic rings. The topological polar surface area (TPSA) is 108 Å². The monoisotopic (exact) mass is 478 g/mol. The first-order valence-electron chi connectivity index (χ1n) is 11.4. The predicted octanol–water partition coefficient (Wildman–Crippen LogP) is 2.99. The molecule has 0 bridgehead atoms. The van der Waals surface area contributed by atoms with Crippen LogP contribution in [0.25, 0.3) is 11.4 Å². The fourth-order valence-corrected chi connectivity index (χ4v) is 5.40. The molecule has 1 N–H and O–H groups in total. The molecule has 4 heterocycles. The Bertz CT molecular complexity index is 1280. The van der Waals surface area contributed by atoms with E-state index >= 15 is 0 Å². The summed E-state index contributed by atoms with van der Waals surface area (Å²) in [6.45, 7) is 2.42. The minimum Gasteiger partial charge on any atom is -0.356 e. The zero-order chi connectivity index (χ0) is 23.5. The molecule has 0 aliphatic carbocycles. The molecule has 1 saturated heterocycles. The Morgan fingerprint density at radius 1 is 0.912 bits per heavy atom. The summed E-state index contributed by atoms with van der Waals surface area (Å²) >= 11 is 0. The molecule has 0 spiro atoms. The number of piperidine rings is 1. The third-order valence-corrected chi connectivity index (χ3v) is 7.53. The van der Waals surface area contributed by atoms with Gasteiger partial charge in [-0.2, -0.15) is 0 Å². The molecule has 5 rings (SSSR count). The van der Waals surface area contributed by atoms with E-state index in [0.717, 1.165) is 48.6 Å².